The van der Waals surface area contributed by atoms with Crippen molar-refractivity contribution in [3.05, 3.63) is 29.6 Å². The largest absolute Gasteiger partial charge is 0.396 e. The number of aliphatic hydroxyl groups is 1. The summed E-state index contributed by atoms with van der Waals surface area (Å²) in [4.78, 5) is 11.5. The summed E-state index contributed by atoms with van der Waals surface area (Å²) in [6, 6.07) is 3.87. The molecule has 0 aliphatic heterocycles. The lowest BCUT2D eigenvalue weighted by Gasteiger charge is -2.06. The third-order valence-electron chi connectivity index (χ3n) is 2.03. The molecule has 0 unspecified atom stereocenters. The van der Waals surface area contributed by atoms with Crippen molar-refractivity contribution in [2.24, 2.45) is 0 Å². The highest BCUT2D eigenvalue weighted by atomic mass is 19.1. The van der Waals surface area contributed by atoms with Crippen molar-refractivity contribution in [2.45, 2.75) is 0 Å². The quantitative estimate of drug-likeness (QED) is 0.489. The summed E-state index contributed by atoms with van der Waals surface area (Å²) >= 11 is 0. The van der Waals surface area contributed by atoms with Crippen molar-refractivity contribution in [1.82, 2.24) is 5.32 Å². The van der Waals surface area contributed by atoms with Gasteiger partial charge in [0.15, 0.2) is 0 Å². The molecule has 0 fully saturated rings. The number of hydrogen-bond donors (Lipinski definition) is 3. The first-order valence-corrected chi connectivity index (χ1v) is 5.17. The maximum Gasteiger partial charge on any atom is 0.251 e. The Kier molecular flexibility index (Phi) is 5.38. The van der Waals surface area contributed by atoms with Gasteiger partial charge in [-0.3, -0.25) is 4.79 Å². The molecular weight excluding hydrogens is 227 g/mol. The zero-order valence-corrected chi connectivity index (χ0v) is 9.28. The number of carbonyl (C=O) groups is 1. The van der Waals surface area contributed by atoms with E-state index in [0.717, 1.165) is 6.07 Å². The average molecular weight is 242 g/mol. The number of aliphatic hydroxyl groups excluding tert-OH is 1. The van der Waals surface area contributed by atoms with Gasteiger partial charge in [0.25, 0.3) is 5.91 Å². The van der Waals surface area contributed by atoms with Crippen molar-refractivity contribution in [2.75, 3.05) is 32.1 Å². The number of hydrogen-bond acceptors (Lipinski definition) is 4. The molecule has 0 heterocycles. The van der Waals surface area contributed by atoms with Gasteiger partial charge in [-0.1, -0.05) is 0 Å². The van der Waals surface area contributed by atoms with Gasteiger partial charge in [0.05, 0.1) is 25.5 Å². The number of ether oxygens (including phenoxy) is 1. The summed E-state index contributed by atoms with van der Waals surface area (Å²) < 4.78 is 18.0. The average Bonchev–Trinajstić information content (AvgIpc) is 2.32. The second-order valence-electron chi connectivity index (χ2n) is 3.33. The molecule has 4 N–H and O–H groups in total. The molecule has 1 aromatic carbocycles. The first kappa shape index (κ1) is 13.4. The van der Waals surface area contributed by atoms with Gasteiger partial charge in [-0.05, 0) is 18.2 Å². The van der Waals surface area contributed by atoms with Gasteiger partial charge < -0.3 is 20.9 Å². The van der Waals surface area contributed by atoms with E-state index in [1.807, 2.05) is 0 Å². The maximum atomic E-state index is 13.1. The zero-order valence-electron chi connectivity index (χ0n) is 9.28. The fourth-order valence-corrected chi connectivity index (χ4v) is 1.17. The van der Waals surface area contributed by atoms with Crippen LogP contribution in [0.1, 0.15) is 10.4 Å². The van der Waals surface area contributed by atoms with Gasteiger partial charge in [0.2, 0.25) is 0 Å². The predicted octanol–water partition coefficient (Wildman–Crippen LogP) is 0.147. The van der Waals surface area contributed by atoms with Crippen LogP contribution in [0.15, 0.2) is 18.2 Å². The van der Waals surface area contributed by atoms with Crippen molar-refractivity contribution < 1.29 is 19.0 Å². The SMILES string of the molecule is Nc1ccc(C(=O)NCCOCCO)cc1F. The van der Waals surface area contributed by atoms with E-state index in [1.54, 1.807) is 0 Å². The fourth-order valence-electron chi connectivity index (χ4n) is 1.17. The molecular formula is C11H15FN2O3. The van der Waals surface area contributed by atoms with E-state index < -0.39 is 11.7 Å². The maximum absolute atomic E-state index is 13.1. The summed E-state index contributed by atoms with van der Waals surface area (Å²) in [6.07, 6.45) is 0. The standard InChI is InChI=1S/C11H15FN2O3/c12-9-7-8(1-2-10(9)13)11(16)14-3-5-17-6-4-15/h1-2,7,15H,3-6,13H2,(H,14,16). The molecule has 1 rings (SSSR count). The number of nitrogens with two attached hydrogens (primary N) is 1. The van der Waals surface area contributed by atoms with E-state index in [4.69, 9.17) is 15.6 Å². The summed E-state index contributed by atoms with van der Waals surface area (Å²) in [5, 5.41) is 11.0. The number of amides is 1. The van der Waals surface area contributed by atoms with E-state index in [9.17, 15) is 9.18 Å². The van der Waals surface area contributed by atoms with Crippen LogP contribution in [0.4, 0.5) is 10.1 Å². The second kappa shape index (κ2) is 6.82. The van der Waals surface area contributed by atoms with Crippen molar-refractivity contribution in [1.29, 1.82) is 0 Å². The molecule has 0 atom stereocenters. The number of carbonyl (C=O) groups excluding carboxylic acids is 1. The molecule has 0 saturated heterocycles. The highest BCUT2D eigenvalue weighted by Gasteiger charge is 2.07. The predicted molar refractivity (Wildman–Crippen MR) is 61.1 cm³/mol. The number of anilines is 1. The fraction of sp³-hybridized carbons (Fsp3) is 0.364. The molecule has 5 nitrogen and oxygen atoms in total. The lowest BCUT2D eigenvalue weighted by Crippen LogP contribution is -2.27. The van der Waals surface area contributed by atoms with Crippen LogP contribution < -0.4 is 11.1 Å². The normalized spacial score (nSPS) is 10.2. The molecule has 17 heavy (non-hydrogen) atoms. The van der Waals surface area contributed by atoms with Crippen molar-refractivity contribution in [3.8, 4) is 0 Å². The minimum atomic E-state index is -0.616. The first-order chi connectivity index (χ1) is 8.15. The second-order valence-corrected chi connectivity index (χ2v) is 3.33. The summed E-state index contributed by atoms with van der Waals surface area (Å²) in [5.74, 6) is -1.01. The minimum Gasteiger partial charge on any atom is -0.396 e. The number of nitrogen functional groups attached to an aromatic ring is 1. The molecule has 0 bridgehead atoms. The van der Waals surface area contributed by atoms with Gasteiger partial charge in [-0.25, -0.2) is 4.39 Å². The Bertz CT molecular complexity index is 385. The van der Waals surface area contributed by atoms with Crippen LogP contribution in [-0.4, -0.2) is 37.4 Å². The number of nitrogens with one attached hydrogen (secondary N) is 1. The zero-order chi connectivity index (χ0) is 12.7. The Labute approximate surface area is 98.4 Å². The molecule has 0 aliphatic rings. The number of rotatable bonds is 6. The first-order valence-electron chi connectivity index (χ1n) is 5.17. The Morgan fingerprint density at radius 3 is 2.88 bits per heavy atom. The topological polar surface area (TPSA) is 84.6 Å². The van der Waals surface area contributed by atoms with Crippen LogP contribution in [0.2, 0.25) is 0 Å². The molecule has 94 valence electrons. The Morgan fingerprint density at radius 1 is 1.47 bits per heavy atom. The van der Waals surface area contributed by atoms with E-state index >= 15 is 0 Å². The highest BCUT2D eigenvalue weighted by molar-refractivity contribution is 5.94. The number of halogens is 1. The summed E-state index contributed by atoms with van der Waals surface area (Å²) in [7, 11) is 0. The minimum absolute atomic E-state index is 0.00725. The van der Waals surface area contributed by atoms with E-state index in [2.05, 4.69) is 5.32 Å². The Balaban J connectivity index is 2.39. The van der Waals surface area contributed by atoms with Crippen molar-refractivity contribution in [3.63, 3.8) is 0 Å². The molecule has 0 aromatic heterocycles. The van der Waals surface area contributed by atoms with E-state index in [-0.39, 0.29) is 24.5 Å². The van der Waals surface area contributed by atoms with Gasteiger partial charge in [-0.2, -0.15) is 0 Å². The molecule has 0 aliphatic carbocycles. The smallest absolute Gasteiger partial charge is 0.251 e. The van der Waals surface area contributed by atoms with Crippen LogP contribution >= 0.6 is 0 Å². The highest BCUT2D eigenvalue weighted by Crippen LogP contribution is 2.11. The van der Waals surface area contributed by atoms with Crippen LogP contribution in [-0.2, 0) is 4.74 Å². The molecule has 0 radical (unpaired) electrons. The monoisotopic (exact) mass is 242 g/mol. The molecule has 1 aromatic rings. The Morgan fingerprint density at radius 2 is 2.24 bits per heavy atom. The van der Waals surface area contributed by atoms with Gasteiger partial charge in [0.1, 0.15) is 5.82 Å². The Hall–Kier alpha value is -1.66. The van der Waals surface area contributed by atoms with Crippen LogP contribution in [0, 0.1) is 5.82 Å². The van der Waals surface area contributed by atoms with Crippen LogP contribution in [0.3, 0.4) is 0 Å². The number of benzene rings is 1. The summed E-state index contributed by atoms with van der Waals surface area (Å²) in [5.41, 5.74) is 5.51. The molecule has 1 amide bonds. The molecule has 0 saturated carbocycles. The van der Waals surface area contributed by atoms with Gasteiger partial charge in [0, 0.05) is 12.1 Å². The van der Waals surface area contributed by atoms with Gasteiger partial charge >= 0.3 is 0 Å². The third-order valence-corrected chi connectivity index (χ3v) is 2.03. The van der Waals surface area contributed by atoms with E-state index in [1.165, 1.54) is 12.1 Å². The third kappa shape index (κ3) is 4.38. The molecule has 0 spiro atoms. The summed E-state index contributed by atoms with van der Waals surface area (Å²) in [6.45, 7) is 0.762. The van der Waals surface area contributed by atoms with Crippen molar-refractivity contribution >= 4 is 11.6 Å². The lowest BCUT2D eigenvalue weighted by atomic mass is 10.2. The molecule has 6 heteroatoms. The van der Waals surface area contributed by atoms with Crippen LogP contribution in [0.5, 0.6) is 0 Å². The lowest BCUT2D eigenvalue weighted by molar-refractivity contribution is 0.0838. The van der Waals surface area contributed by atoms with E-state index in [0.29, 0.717) is 13.2 Å². The van der Waals surface area contributed by atoms with Gasteiger partial charge in [-0.15, -0.1) is 0 Å². The van der Waals surface area contributed by atoms with Crippen LogP contribution in [0.25, 0.3) is 0 Å².